The third kappa shape index (κ3) is 4.23. The Morgan fingerprint density at radius 1 is 1.12 bits per heavy atom. The summed E-state index contributed by atoms with van der Waals surface area (Å²) in [6.45, 7) is 5.79. The van der Waals surface area contributed by atoms with Gasteiger partial charge in [0.05, 0.1) is 13.2 Å². The Labute approximate surface area is 142 Å². The predicted molar refractivity (Wildman–Crippen MR) is 88.2 cm³/mol. The van der Waals surface area contributed by atoms with Crippen molar-refractivity contribution in [2.75, 3.05) is 46.4 Å². The summed E-state index contributed by atoms with van der Waals surface area (Å²) < 4.78 is 39.0. The quantitative estimate of drug-likeness (QED) is 0.823. The summed E-state index contributed by atoms with van der Waals surface area (Å²) >= 11 is 0. The van der Waals surface area contributed by atoms with E-state index in [0.717, 1.165) is 51.8 Å². The van der Waals surface area contributed by atoms with Crippen molar-refractivity contribution in [2.45, 2.75) is 31.9 Å². The number of rotatable bonds is 5. The average molecular weight is 340 g/mol. The second kappa shape index (κ2) is 8.23. The van der Waals surface area contributed by atoms with Gasteiger partial charge in [-0.05, 0) is 44.5 Å². The van der Waals surface area contributed by atoms with Crippen LogP contribution in [0.15, 0.2) is 12.1 Å². The van der Waals surface area contributed by atoms with Gasteiger partial charge >= 0.3 is 0 Å². The maximum absolute atomic E-state index is 14.2. The van der Waals surface area contributed by atoms with Crippen LogP contribution in [0.4, 0.5) is 8.78 Å². The average Bonchev–Trinajstić information content (AvgIpc) is 2.98. The van der Waals surface area contributed by atoms with E-state index in [1.807, 2.05) is 0 Å². The third-order valence-corrected chi connectivity index (χ3v) is 4.85. The highest BCUT2D eigenvalue weighted by Crippen LogP contribution is 2.26. The van der Waals surface area contributed by atoms with Crippen LogP contribution in [0.5, 0.6) is 5.75 Å². The molecule has 1 aromatic carbocycles. The number of halogens is 2. The minimum absolute atomic E-state index is 0.119. The van der Waals surface area contributed by atoms with E-state index >= 15 is 0 Å². The molecule has 0 spiro atoms. The van der Waals surface area contributed by atoms with Crippen molar-refractivity contribution in [3.63, 3.8) is 0 Å². The topological polar surface area (TPSA) is 24.9 Å². The minimum Gasteiger partial charge on any atom is -0.496 e. The second-order valence-corrected chi connectivity index (χ2v) is 6.63. The summed E-state index contributed by atoms with van der Waals surface area (Å²) in [7, 11) is 1.48. The van der Waals surface area contributed by atoms with E-state index in [2.05, 4.69) is 9.80 Å². The molecule has 2 saturated heterocycles. The number of methoxy groups -OCH3 is 1. The fourth-order valence-electron chi connectivity index (χ4n) is 3.61. The van der Waals surface area contributed by atoms with Crippen LogP contribution in [0.3, 0.4) is 0 Å². The van der Waals surface area contributed by atoms with Crippen molar-refractivity contribution in [1.82, 2.24) is 9.80 Å². The monoisotopic (exact) mass is 340 g/mol. The van der Waals surface area contributed by atoms with Gasteiger partial charge in [-0.15, -0.1) is 0 Å². The summed E-state index contributed by atoms with van der Waals surface area (Å²) in [5.74, 6) is -1.24. The van der Waals surface area contributed by atoms with Gasteiger partial charge in [0.25, 0.3) is 0 Å². The number of nitrogens with zero attached hydrogens (tertiary/aromatic N) is 2. The van der Waals surface area contributed by atoms with Crippen LogP contribution in [0.25, 0.3) is 0 Å². The van der Waals surface area contributed by atoms with Crippen LogP contribution >= 0.6 is 0 Å². The molecule has 1 atom stereocenters. The molecule has 0 aliphatic carbocycles. The van der Waals surface area contributed by atoms with E-state index in [9.17, 15) is 8.78 Å². The molecule has 0 N–H and O–H groups in total. The molecule has 0 aromatic heterocycles. The van der Waals surface area contributed by atoms with E-state index in [4.69, 9.17) is 9.47 Å². The highest BCUT2D eigenvalue weighted by molar-refractivity contribution is 5.35. The fraction of sp³-hybridized carbons (Fsp3) is 0.667. The molecule has 2 aliphatic rings. The van der Waals surface area contributed by atoms with Crippen LogP contribution in [-0.4, -0.2) is 62.3 Å². The van der Waals surface area contributed by atoms with E-state index < -0.39 is 11.6 Å². The summed E-state index contributed by atoms with van der Waals surface area (Å²) in [6.07, 6.45) is 3.52. The Balaban J connectivity index is 1.68. The Kier molecular flexibility index (Phi) is 6.03. The number of benzene rings is 1. The normalized spacial score (nSPS) is 23.4. The standard InChI is InChI=1S/C18H26F2N2O2/c1-23-17-6-5-16(19)18(20)15(17)13-22-9-4-10-24-14(12-22)11-21-7-2-3-8-21/h5-6,14H,2-4,7-13H2,1H3/t14-/m1/s1. The minimum atomic E-state index is -0.828. The molecule has 2 aliphatic heterocycles. The smallest absolute Gasteiger partial charge is 0.167 e. The maximum atomic E-state index is 14.2. The molecule has 4 nitrogen and oxygen atoms in total. The van der Waals surface area contributed by atoms with E-state index in [0.29, 0.717) is 17.9 Å². The van der Waals surface area contributed by atoms with Crippen molar-refractivity contribution >= 4 is 0 Å². The molecular weight excluding hydrogens is 314 g/mol. The lowest BCUT2D eigenvalue weighted by Crippen LogP contribution is -2.39. The number of ether oxygens (including phenoxy) is 2. The molecule has 134 valence electrons. The van der Waals surface area contributed by atoms with Gasteiger partial charge < -0.3 is 14.4 Å². The van der Waals surface area contributed by atoms with Crippen LogP contribution in [0.1, 0.15) is 24.8 Å². The van der Waals surface area contributed by atoms with E-state index in [1.54, 1.807) is 0 Å². The maximum Gasteiger partial charge on any atom is 0.167 e. The second-order valence-electron chi connectivity index (χ2n) is 6.63. The van der Waals surface area contributed by atoms with Gasteiger partial charge in [-0.25, -0.2) is 8.78 Å². The van der Waals surface area contributed by atoms with Gasteiger partial charge in [-0.2, -0.15) is 0 Å². The summed E-state index contributed by atoms with van der Waals surface area (Å²) in [4.78, 5) is 4.58. The van der Waals surface area contributed by atoms with Gasteiger partial charge in [0.15, 0.2) is 11.6 Å². The lowest BCUT2D eigenvalue weighted by Gasteiger charge is -2.27. The Hall–Kier alpha value is -1.24. The summed E-state index contributed by atoms with van der Waals surface area (Å²) in [5.41, 5.74) is 0.291. The fourth-order valence-corrected chi connectivity index (χ4v) is 3.61. The van der Waals surface area contributed by atoms with Gasteiger partial charge in [0.2, 0.25) is 0 Å². The Morgan fingerprint density at radius 2 is 1.88 bits per heavy atom. The van der Waals surface area contributed by atoms with Gasteiger partial charge in [-0.1, -0.05) is 0 Å². The molecule has 24 heavy (non-hydrogen) atoms. The summed E-state index contributed by atoms with van der Waals surface area (Å²) in [5, 5.41) is 0. The molecule has 0 radical (unpaired) electrons. The predicted octanol–water partition coefficient (Wildman–Crippen LogP) is 2.66. The van der Waals surface area contributed by atoms with Gasteiger partial charge in [0.1, 0.15) is 5.75 Å². The highest BCUT2D eigenvalue weighted by atomic mass is 19.2. The molecule has 0 saturated carbocycles. The summed E-state index contributed by atoms with van der Waals surface area (Å²) in [6, 6.07) is 2.60. The van der Waals surface area contributed by atoms with Crippen molar-refractivity contribution in [2.24, 2.45) is 0 Å². The van der Waals surface area contributed by atoms with E-state index in [-0.39, 0.29) is 6.10 Å². The number of hydrogen-bond acceptors (Lipinski definition) is 4. The van der Waals surface area contributed by atoms with Crippen LogP contribution in [0, 0.1) is 11.6 Å². The SMILES string of the molecule is COc1ccc(F)c(F)c1CN1CCCO[C@H](CN2CCCC2)C1. The van der Waals surface area contributed by atoms with Crippen molar-refractivity contribution < 1.29 is 18.3 Å². The van der Waals surface area contributed by atoms with Gasteiger partial charge in [-0.3, -0.25) is 4.90 Å². The first-order valence-corrected chi connectivity index (χ1v) is 8.74. The molecule has 0 unspecified atom stereocenters. The first-order chi connectivity index (χ1) is 11.7. The lowest BCUT2D eigenvalue weighted by molar-refractivity contribution is 0.0306. The largest absolute Gasteiger partial charge is 0.496 e. The Bertz CT molecular complexity index is 550. The zero-order valence-electron chi connectivity index (χ0n) is 14.3. The van der Waals surface area contributed by atoms with Crippen LogP contribution in [0.2, 0.25) is 0 Å². The molecule has 3 rings (SSSR count). The molecule has 0 bridgehead atoms. The Morgan fingerprint density at radius 3 is 2.62 bits per heavy atom. The first kappa shape index (κ1) is 17.6. The molecule has 2 heterocycles. The van der Waals surface area contributed by atoms with Crippen LogP contribution in [-0.2, 0) is 11.3 Å². The lowest BCUT2D eigenvalue weighted by atomic mass is 10.1. The molecule has 2 fully saturated rings. The first-order valence-electron chi connectivity index (χ1n) is 8.74. The molecule has 6 heteroatoms. The zero-order valence-corrected chi connectivity index (χ0v) is 14.3. The van der Waals surface area contributed by atoms with Crippen LogP contribution < -0.4 is 4.74 Å². The highest BCUT2D eigenvalue weighted by Gasteiger charge is 2.25. The molecular formula is C18H26F2N2O2. The number of hydrogen-bond donors (Lipinski definition) is 0. The number of likely N-dealkylation sites (tertiary alicyclic amines) is 1. The van der Waals surface area contributed by atoms with E-state index in [1.165, 1.54) is 26.0 Å². The van der Waals surface area contributed by atoms with Crippen molar-refractivity contribution in [3.05, 3.63) is 29.3 Å². The zero-order chi connectivity index (χ0) is 16.9. The molecule has 0 amide bonds. The third-order valence-electron chi connectivity index (χ3n) is 4.85. The van der Waals surface area contributed by atoms with Gasteiger partial charge in [0, 0.05) is 38.3 Å². The van der Waals surface area contributed by atoms with Crippen molar-refractivity contribution in [3.8, 4) is 5.75 Å². The van der Waals surface area contributed by atoms with Crippen molar-refractivity contribution in [1.29, 1.82) is 0 Å². The molecule has 1 aromatic rings.